The minimum absolute atomic E-state index is 0.0419. The second-order valence-corrected chi connectivity index (χ2v) is 9.28. The molecule has 2 aliphatic rings. The van der Waals surface area contributed by atoms with Gasteiger partial charge in [0.05, 0.1) is 5.41 Å². The highest BCUT2D eigenvalue weighted by Gasteiger charge is 2.46. The van der Waals surface area contributed by atoms with Gasteiger partial charge in [-0.2, -0.15) is 0 Å². The fourth-order valence-corrected chi connectivity index (χ4v) is 5.06. The summed E-state index contributed by atoms with van der Waals surface area (Å²) in [4.78, 5) is 0. The first kappa shape index (κ1) is 18.9. The molecule has 0 aliphatic heterocycles. The van der Waals surface area contributed by atoms with Crippen molar-refractivity contribution in [3.05, 3.63) is 131 Å². The minimum Gasteiger partial charge on any atom is -0.0751 e. The van der Waals surface area contributed by atoms with E-state index in [1.807, 2.05) is 0 Å². The van der Waals surface area contributed by atoms with E-state index in [2.05, 4.69) is 125 Å². The van der Waals surface area contributed by atoms with Gasteiger partial charge in [-0.25, -0.2) is 0 Å². The van der Waals surface area contributed by atoms with E-state index in [0.29, 0.717) is 0 Å². The van der Waals surface area contributed by atoms with E-state index in [9.17, 15) is 0 Å². The predicted octanol–water partition coefficient (Wildman–Crippen LogP) is 7.70. The van der Waals surface area contributed by atoms with Crippen molar-refractivity contribution in [2.45, 2.75) is 33.1 Å². The summed E-state index contributed by atoms with van der Waals surface area (Å²) in [6, 6.07) is 24.9. The zero-order chi connectivity index (χ0) is 20.9. The van der Waals surface area contributed by atoms with Crippen LogP contribution in [0.25, 0.3) is 11.1 Å². The smallest absolute Gasteiger partial charge is 0.0713 e. The average Bonchev–Trinajstić information content (AvgIpc) is 2.91. The molecule has 0 bridgehead atoms. The average molecular weight is 389 g/mol. The largest absolute Gasteiger partial charge is 0.0751 e. The van der Waals surface area contributed by atoms with E-state index < -0.39 is 0 Å². The minimum atomic E-state index is -0.313. The van der Waals surface area contributed by atoms with Gasteiger partial charge in [0.25, 0.3) is 0 Å². The van der Waals surface area contributed by atoms with Gasteiger partial charge in [-0.3, -0.25) is 0 Å². The first-order valence-corrected chi connectivity index (χ1v) is 10.8. The monoisotopic (exact) mass is 388 g/mol. The van der Waals surface area contributed by atoms with Crippen LogP contribution >= 0.6 is 0 Å². The first-order valence-electron chi connectivity index (χ1n) is 10.8. The maximum atomic E-state index is 2.39. The fourth-order valence-electron chi connectivity index (χ4n) is 5.06. The van der Waals surface area contributed by atoms with Crippen LogP contribution < -0.4 is 0 Å². The summed E-state index contributed by atoms with van der Waals surface area (Å²) >= 11 is 0. The van der Waals surface area contributed by atoms with E-state index in [4.69, 9.17) is 0 Å². The van der Waals surface area contributed by atoms with Crippen molar-refractivity contribution in [1.29, 1.82) is 0 Å². The van der Waals surface area contributed by atoms with Crippen LogP contribution in [0.4, 0.5) is 0 Å². The lowest BCUT2D eigenvalue weighted by Crippen LogP contribution is -2.29. The lowest BCUT2D eigenvalue weighted by molar-refractivity contribution is 0.625. The van der Waals surface area contributed by atoms with Gasteiger partial charge >= 0.3 is 0 Å². The molecule has 0 amide bonds. The summed E-state index contributed by atoms with van der Waals surface area (Å²) in [6.45, 7) is 8.93. The normalized spacial score (nSPS) is 17.8. The van der Waals surface area contributed by atoms with E-state index in [1.165, 1.54) is 44.5 Å². The molecule has 0 aromatic heterocycles. The Kier molecular flexibility index (Phi) is 4.22. The zero-order valence-corrected chi connectivity index (χ0v) is 18.2. The van der Waals surface area contributed by atoms with E-state index in [1.54, 1.807) is 0 Å². The van der Waals surface area contributed by atoms with Crippen LogP contribution in [-0.2, 0) is 5.41 Å². The quantitative estimate of drug-likeness (QED) is 0.422. The molecule has 0 spiro atoms. The highest BCUT2D eigenvalue weighted by atomic mass is 14.5. The van der Waals surface area contributed by atoms with Gasteiger partial charge < -0.3 is 0 Å². The van der Waals surface area contributed by atoms with Crippen molar-refractivity contribution in [3.8, 4) is 11.1 Å². The third-order valence-corrected chi connectivity index (χ3v) is 6.82. The van der Waals surface area contributed by atoms with Crippen molar-refractivity contribution in [2.75, 3.05) is 0 Å². The Labute approximate surface area is 180 Å². The predicted molar refractivity (Wildman–Crippen MR) is 128 cm³/mol. The van der Waals surface area contributed by atoms with Gasteiger partial charge in [-0.15, -0.1) is 0 Å². The summed E-state index contributed by atoms with van der Waals surface area (Å²) in [5.41, 5.74) is 10.5. The topological polar surface area (TPSA) is 0 Å². The van der Waals surface area contributed by atoms with Crippen LogP contribution in [0.2, 0.25) is 0 Å². The summed E-state index contributed by atoms with van der Waals surface area (Å²) in [5, 5.41) is 0. The van der Waals surface area contributed by atoms with Crippen LogP contribution in [0.15, 0.2) is 103 Å². The SMILES string of the molecule is Cc1ccc(C2(C3=CC=CC(C)(C)C=C3)c3ccccc3-c3ccccc32)cc1C. The third kappa shape index (κ3) is 2.67. The van der Waals surface area contributed by atoms with Gasteiger partial charge in [0, 0.05) is 5.41 Å². The maximum absolute atomic E-state index is 2.39. The molecule has 0 radical (unpaired) electrons. The Morgan fingerprint density at radius 3 is 1.93 bits per heavy atom. The fraction of sp³-hybridized carbons (Fsp3) is 0.200. The van der Waals surface area contributed by atoms with E-state index in [0.717, 1.165) is 0 Å². The molecule has 148 valence electrons. The Hall–Kier alpha value is -3.12. The number of fused-ring (bicyclic) bond motifs is 3. The molecule has 0 nitrogen and oxygen atoms in total. The van der Waals surface area contributed by atoms with Gasteiger partial charge in [0.2, 0.25) is 0 Å². The molecule has 0 unspecified atom stereocenters. The molecule has 0 heteroatoms. The van der Waals surface area contributed by atoms with E-state index in [-0.39, 0.29) is 10.8 Å². The van der Waals surface area contributed by atoms with Crippen LogP contribution in [0, 0.1) is 19.3 Å². The van der Waals surface area contributed by atoms with Crippen LogP contribution in [0.3, 0.4) is 0 Å². The molecule has 0 heterocycles. The standard InChI is InChI=1S/C30H28/c1-21-15-16-24(20-22(21)2)30(23-10-9-18-29(3,4)19-17-23)27-13-7-5-11-25(27)26-12-6-8-14-28(26)30/h5-20H,1-4H3. The number of aryl methyl sites for hydroxylation is 2. The number of hydrogen-bond donors (Lipinski definition) is 0. The molecule has 0 fully saturated rings. The third-order valence-electron chi connectivity index (χ3n) is 6.82. The lowest BCUT2D eigenvalue weighted by atomic mass is 9.66. The molecule has 30 heavy (non-hydrogen) atoms. The molecular formula is C30H28. The van der Waals surface area contributed by atoms with Crippen molar-refractivity contribution in [2.24, 2.45) is 5.41 Å². The maximum Gasteiger partial charge on any atom is 0.0713 e. The van der Waals surface area contributed by atoms with Crippen LogP contribution in [0.1, 0.15) is 41.7 Å². The molecule has 5 rings (SSSR count). The van der Waals surface area contributed by atoms with Gasteiger partial charge in [0.15, 0.2) is 0 Å². The highest BCUT2D eigenvalue weighted by molar-refractivity contribution is 5.86. The van der Waals surface area contributed by atoms with Crippen LogP contribution in [0.5, 0.6) is 0 Å². The second-order valence-electron chi connectivity index (χ2n) is 9.28. The molecule has 0 atom stereocenters. The van der Waals surface area contributed by atoms with Crippen LogP contribution in [-0.4, -0.2) is 0 Å². The molecule has 3 aromatic carbocycles. The Balaban J connectivity index is 1.91. The van der Waals surface area contributed by atoms with E-state index >= 15 is 0 Å². The summed E-state index contributed by atoms with van der Waals surface area (Å²) < 4.78 is 0. The Morgan fingerprint density at radius 1 is 0.667 bits per heavy atom. The highest BCUT2D eigenvalue weighted by Crippen LogP contribution is 2.57. The van der Waals surface area contributed by atoms with Crippen molar-refractivity contribution < 1.29 is 0 Å². The molecule has 0 N–H and O–H groups in total. The molecule has 0 saturated carbocycles. The molecule has 2 aliphatic carbocycles. The Morgan fingerprint density at radius 2 is 1.30 bits per heavy atom. The first-order chi connectivity index (χ1) is 14.4. The zero-order valence-electron chi connectivity index (χ0n) is 18.2. The molecular weight excluding hydrogens is 360 g/mol. The van der Waals surface area contributed by atoms with Gasteiger partial charge in [-0.05, 0) is 58.4 Å². The Bertz CT molecular complexity index is 1180. The number of allylic oxidation sites excluding steroid dienone is 6. The number of rotatable bonds is 2. The summed E-state index contributed by atoms with van der Waals surface area (Å²) in [7, 11) is 0. The van der Waals surface area contributed by atoms with Crippen molar-refractivity contribution >= 4 is 0 Å². The summed E-state index contributed by atoms with van der Waals surface area (Å²) in [5.74, 6) is 0. The van der Waals surface area contributed by atoms with Gasteiger partial charge in [-0.1, -0.05) is 111 Å². The number of benzene rings is 3. The van der Waals surface area contributed by atoms with Gasteiger partial charge in [0.1, 0.15) is 0 Å². The van der Waals surface area contributed by atoms with Crippen molar-refractivity contribution in [1.82, 2.24) is 0 Å². The second kappa shape index (κ2) is 6.71. The summed E-state index contributed by atoms with van der Waals surface area (Å²) in [6.07, 6.45) is 11.5. The lowest BCUT2D eigenvalue weighted by Gasteiger charge is -2.35. The van der Waals surface area contributed by atoms with Crippen molar-refractivity contribution in [3.63, 3.8) is 0 Å². The molecule has 0 saturated heterocycles. The number of hydrogen-bond acceptors (Lipinski definition) is 0. The molecule has 3 aromatic rings.